The molecular formula is C63H109N2O6P. The first kappa shape index (κ1) is 68.9. The van der Waals surface area contributed by atoms with Crippen molar-refractivity contribution in [2.24, 2.45) is 0 Å². The molecule has 9 heteroatoms. The fourth-order valence-electron chi connectivity index (χ4n) is 7.65. The van der Waals surface area contributed by atoms with Crippen LogP contribution in [0.2, 0.25) is 0 Å². The molecule has 0 fully saturated rings. The van der Waals surface area contributed by atoms with Crippen molar-refractivity contribution in [3.63, 3.8) is 0 Å². The van der Waals surface area contributed by atoms with Crippen LogP contribution in [0.4, 0.5) is 0 Å². The van der Waals surface area contributed by atoms with E-state index in [1.165, 1.54) is 83.5 Å². The average molecular weight is 1020 g/mol. The van der Waals surface area contributed by atoms with E-state index < -0.39 is 26.6 Å². The lowest BCUT2D eigenvalue weighted by atomic mass is 10.0. The molecule has 8 nitrogen and oxygen atoms in total. The van der Waals surface area contributed by atoms with Crippen molar-refractivity contribution in [1.29, 1.82) is 0 Å². The van der Waals surface area contributed by atoms with E-state index >= 15 is 0 Å². The fraction of sp³-hybridized carbons (Fsp3) is 0.667. The maximum absolute atomic E-state index is 13.0. The second-order valence-electron chi connectivity index (χ2n) is 20.3. The van der Waals surface area contributed by atoms with Crippen LogP contribution in [0.3, 0.4) is 0 Å². The van der Waals surface area contributed by atoms with Gasteiger partial charge in [0.2, 0.25) is 5.91 Å². The number of aliphatic hydroxyl groups is 1. The topological polar surface area (TPSA) is 108 Å². The lowest BCUT2D eigenvalue weighted by Crippen LogP contribution is -2.45. The van der Waals surface area contributed by atoms with Crippen molar-refractivity contribution in [3.8, 4) is 0 Å². The normalized spacial score (nSPS) is 14.8. The van der Waals surface area contributed by atoms with Crippen LogP contribution in [-0.4, -0.2) is 68.5 Å². The van der Waals surface area contributed by atoms with Crippen molar-refractivity contribution in [2.75, 3.05) is 40.9 Å². The van der Waals surface area contributed by atoms with E-state index in [1.807, 2.05) is 27.2 Å². The van der Waals surface area contributed by atoms with Crippen molar-refractivity contribution < 1.29 is 32.9 Å². The molecule has 0 aromatic rings. The molecule has 1 amide bonds. The Balaban J connectivity index is 4.32. The number of unbranched alkanes of at least 4 members (excludes halogenated alkanes) is 20. The Hall–Kier alpha value is -3.10. The summed E-state index contributed by atoms with van der Waals surface area (Å²) in [6.45, 7) is 4.49. The van der Waals surface area contributed by atoms with Gasteiger partial charge in [-0.3, -0.25) is 9.36 Å². The summed E-state index contributed by atoms with van der Waals surface area (Å²) in [4.78, 5) is 25.5. The minimum Gasteiger partial charge on any atom is -0.756 e. The highest BCUT2D eigenvalue weighted by Crippen LogP contribution is 2.38. The van der Waals surface area contributed by atoms with Crippen molar-refractivity contribution in [2.45, 2.75) is 231 Å². The highest BCUT2D eigenvalue weighted by atomic mass is 31.2. The number of likely N-dealkylation sites (N-methyl/N-ethyl adjacent to an activating group) is 1. The number of carbonyl (C=O) groups excluding carboxylic acids is 1. The molecule has 0 aromatic heterocycles. The predicted octanol–water partition coefficient (Wildman–Crippen LogP) is 17.1. The zero-order valence-electron chi connectivity index (χ0n) is 46.8. The number of aliphatic hydroxyl groups excluding tert-OH is 1. The molecule has 0 saturated heterocycles. The zero-order chi connectivity index (χ0) is 52.7. The van der Waals surface area contributed by atoms with Gasteiger partial charge in [0.25, 0.3) is 7.82 Å². The SMILES string of the molecule is CC/C=C\C/C=C\C/C=C\C/C=C\C/C=C\C/C=C\C/C=C\C/C=C\CCCCCCCCC(=O)NC(COP(=O)([O-])OCC[N+](C)(C)C)C(O)/C=C/CC/C=C/CCCCCCCCCCCCCCC. The Morgan fingerprint density at radius 1 is 0.500 bits per heavy atom. The van der Waals surface area contributed by atoms with E-state index in [-0.39, 0.29) is 12.5 Å². The Labute approximate surface area is 444 Å². The van der Waals surface area contributed by atoms with Crippen LogP contribution < -0.4 is 10.2 Å². The van der Waals surface area contributed by atoms with Crippen LogP contribution in [0.1, 0.15) is 219 Å². The van der Waals surface area contributed by atoms with Gasteiger partial charge in [-0.05, 0) is 96.3 Å². The van der Waals surface area contributed by atoms with Crippen LogP contribution in [0.15, 0.2) is 122 Å². The third-order valence-electron chi connectivity index (χ3n) is 12.2. The number of phosphoric ester groups is 1. The molecule has 0 bridgehead atoms. The van der Waals surface area contributed by atoms with E-state index in [2.05, 4.69) is 129 Å². The third-order valence-corrected chi connectivity index (χ3v) is 13.1. The van der Waals surface area contributed by atoms with Crippen LogP contribution in [0.25, 0.3) is 0 Å². The largest absolute Gasteiger partial charge is 0.756 e. The Bertz CT molecular complexity index is 1580. The molecule has 0 aromatic carbocycles. The Kier molecular flexibility index (Phi) is 50.5. The van der Waals surface area contributed by atoms with Crippen LogP contribution in [0, 0.1) is 0 Å². The van der Waals surface area contributed by atoms with Gasteiger partial charge in [0.1, 0.15) is 13.2 Å². The summed E-state index contributed by atoms with van der Waals surface area (Å²) in [5, 5.41) is 13.9. The number of phosphoric acid groups is 1. The monoisotopic (exact) mass is 1020 g/mol. The maximum Gasteiger partial charge on any atom is 0.268 e. The van der Waals surface area contributed by atoms with Gasteiger partial charge in [-0.2, -0.15) is 0 Å². The molecule has 0 aliphatic heterocycles. The van der Waals surface area contributed by atoms with Gasteiger partial charge in [0, 0.05) is 6.42 Å². The number of allylic oxidation sites excluding steroid dienone is 19. The van der Waals surface area contributed by atoms with Crippen LogP contribution in [-0.2, 0) is 18.4 Å². The maximum atomic E-state index is 13.0. The van der Waals surface area contributed by atoms with E-state index in [9.17, 15) is 19.4 Å². The minimum absolute atomic E-state index is 0.0161. The van der Waals surface area contributed by atoms with Crippen LogP contribution >= 0.6 is 7.82 Å². The highest BCUT2D eigenvalue weighted by Gasteiger charge is 2.23. The molecule has 0 saturated carbocycles. The fourth-order valence-corrected chi connectivity index (χ4v) is 8.38. The van der Waals surface area contributed by atoms with Crippen molar-refractivity contribution in [1.82, 2.24) is 5.32 Å². The quantitative estimate of drug-likeness (QED) is 0.0272. The first-order valence-corrected chi connectivity index (χ1v) is 30.4. The van der Waals surface area contributed by atoms with E-state index in [0.29, 0.717) is 17.4 Å². The Morgan fingerprint density at radius 3 is 1.29 bits per heavy atom. The van der Waals surface area contributed by atoms with Gasteiger partial charge in [0.15, 0.2) is 0 Å². The number of nitrogens with one attached hydrogen (secondary N) is 1. The smallest absolute Gasteiger partial charge is 0.268 e. The lowest BCUT2D eigenvalue weighted by Gasteiger charge is -2.29. The Morgan fingerprint density at radius 2 is 0.861 bits per heavy atom. The highest BCUT2D eigenvalue weighted by molar-refractivity contribution is 7.45. The summed E-state index contributed by atoms with van der Waals surface area (Å²) in [6.07, 6.45) is 78.4. The van der Waals surface area contributed by atoms with Gasteiger partial charge in [-0.15, -0.1) is 0 Å². The first-order chi connectivity index (χ1) is 35.0. The molecule has 0 radical (unpaired) electrons. The van der Waals surface area contributed by atoms with Gasteiger partial charge in [0.05, 0.1) is 39.9 Å². The number of carbonyl (C=O) groups is 1. The van der Waals surface area contributed by atoms with Gasteiger partial charge < -0.3 is 28.8 Å². The number of hydrogen-bond acceptors (Lipinski definition) is 6. The van der Waals surface area contributed by atoms with Gasteiger partial charge in [-0.25, -0.2) is 0 Å². The summed E-state index contributed by atoms with van der Waals surface area (Å²) >= 11 is 0. The van der Waals surface area contributed by atoms with E-state index in [4.69, 9.17) is 9.05 Å². The molecule has 412 valence electrons. The molecule has 0 aliphatic rings. The van der Waals surface area contributed by atoms with Gasteiger partial charge >= 0.3 is 0 Å². The van der Waals surface area contributed by atoms with Crippen LogP contribution in [0.5, 0.6) is 0 Å². The number of nitrogens with zero attached hydrogens (tertiary/aromatic N) is 1. The summed E-state index contributed by atoms with van der Waals surface area (Å²) in [6, 6.07) is -0.921. The number of quaternary nitrogens is 1. The first-order valence-electron chi connectivity index (χ1n) is 28.9. The summed E-state index contributed by atoms with van der Waals surface area (Å²) in [7, 11) is 1.22. The molecule has 3 unspecified atom stereocenters. The second kappa shape index (κ2) is 52.8. The summed E-state index contributed by atoms with van der Waals surface area (Å²) in [5.41, 5.74) is 0. The number of amides is 1. The van der Waals surface area contributed by atoms with Crippen molar-refractivity contribution >= 4 is 13.7 Å². The predicted molar refractivity (Wildman–Crippen MR) is 311 cm³/mol. The standard InChI is InChI=1S/C63H109N2O6P/c1-6-8-10-12-14-16-18-20-22-24-26-27-28-29-30-31-32-33-34-35-36-37-39-41-43-45-47-49-51-53-55-57-63(67)64-61(60-71-72(68,69)70-59-58-65(3,4)5)62(66)56-54-52-50-48-46-44-42-40-38-25-23-21-19-17-15-13-11-9-7-2/h8,10,14,16,20,22,26-27,29-30,32-33,35-36,39,41,46,48,54,56,61-62,66H,6-7,9,11-13,15,17-19,21,23-25,28,31,34,37-38,40,42-45,47,49-53,55,57-60H2,1-5H3,(H-,64,67,68,69)/b10-8-,16-14-,22-20-,27-26-,30-29-,33-32-,36-35-,41-39-,48-46+,56-54+. The molecule has 3 atom stereocenters. The molecule has 0 heterocycles. The van der Waals surface area contributed by atoms with Crippen molar-refractivity contribution in [3.05, 3.63) is 122 Å². The molecule has 72 heavy (non-hydrogen) atoms. The third kappa shape index (κ3) is 54.7. The molecule has 0 rings (SSSR count). The van der Waals surface area contributed by atoms with E-state index in [0.717, 1.165) is 116 Å². The molecular weight excluding hydrogens is 912 g/mol. The molecule has 0 aliphatic carbocycles. The number of rotatable bonds is 51. The minimum atomic E-state index is -4.62. The lowest BCUT2D eigenvalue weighted by molar-refractivity contribution is -0.870. The summed E-state index contributed by atoms with van der Waals surface area (Å²) in [5.74, 6) is -0.227. The van der Waals surface area contributed by atoms with E-state index in [1.54, 1.807) is 6.08 Å². The molecule has 0 spiro atoms. The average Bonchev–Trinajstić information content (AvgIpc) is 3.34. The van der Waals surface area contributed by atoms with Gasteiger partial charge in [-0.1, -0.05) is 238 Å². The molecule has 2 N–H and O–H groups in total. The summed E-state index contributed by atoms with van der Waals surface area (Å²) < 4.78 is 23.3. The number of hydrogen-bond donors (Lipinski definition) is 2. The zero-order valence-corrected chi connectivity index (χ0v) is 47.7. The second-order valence-corrected chi connectivity index (χ2v) is 21.7.